The van der Waals surface area contributed by atoms with Crippen LogP contribution in [0.3, 0.4) is 0 Å². The van der Waals surface area contributed by atoms with Crippen LogP contribution in [0.25, 0.3) is 0 Å². The molecule has 1 aromatic heterocycles. The molecule has 0 unspecified atom stereocenters. The molecule has 2 rings (SSSR count). The fourth-order valence-electron chi connectivity index (χ4n) is 1.84. The van der Waals surface area contributed by atoms with E-state index in [9.17, 15) is 0 Å². The number of nitrogens with zero attached hydrogens (tertiary/aromatic N) is 3. The topological polar surface area (TPSA) is 73.6 Å². The first-order chi connectivity index (χ1) is 10.2. The van der Waals surface area contributed by atoms with Crippen molar-refractivity contribution in [2.24, 2.45) is 0 Å². The molecule has 2 aromatic rings. The average Bonchev–Trinajstić information content (AvgIpc) is 2.53. The number of anilines is 3. The van der Waals surface area contributed by atoms with Gasteiger partial charge in [0.05, 0.1) is 11.6 Å². The molecule has 0 aliphatic heterocycles. The minimum atomic E-state index is 0.641. The minimum absolute atomic E-state index is 0.641. The first kappa shape index (κ1) is 14.8. The van der Waals surface area contributed by atoms with E-state index in [4.69, 9.17) is 5.26 Å². The molecule has 21 heavy (non-hydrogen) atoms. The maximum Gasteiger partial charge on any atom is 0.136 e. The highest BCUT2D eigenvalue weighted by molar-refractivity contribution is 5.60. The Hall–Kier alpha value is -2.61. The van der Waals surface area contributed by atoms with Crippen LogP contribution in [0, 0.1) is 11.3 Å². The van der Waals surface area contributed by atoms with Crippen LogP contribution in [0.15, 0.2) is 30.3 Å². The predicted molar refractivity (Wildman–Crippen MR) is 84.6 cm³/mol. The van der Waals surface area contributed by atoms with Crippen molar-refractivity contribution < 1.29 is 0 Å². The number of aryl methyl sites for hydroxylation is 1. The summed E-state index contributed by atoms with van der Waals surface area (Å²) in [7, 11) is 0. The van der Waals surface area contributed by atoms with Gasteiger partial charge in [0.2, 0.25) is 0 Å². The standard InChI is InChI=1S/C16H19N5/c1-3-9-18-15-10-16(21-14(4-2)20-15)19-13-7-5-12(11-17)6-8-13/h5-8,10H,3-4,9H2,1-2H3,(H2,18,19,20,21). The number of rotatable bonds is 6. The van der Waals surface area contributed by atoms with Gasteiger partial charge in [-0.2, -0.15) is 5.26 Å². The largest absolute Gasteiger partial charge is 0.370 e. The third kappa shape index (κ3) is 4.18. The number of nitriles is 1. The van der Waals surface area contributed by atoms with Crippen molar-refractivity contribution in [2.75, 3.05) is 17.2 Å². The highest BCUT2D eigenvalue weighted by Gasteiger charge is 2.04. The van der Waals surface area contributed by atoms with E-state index >= 15 is 0 Å². The summed E-state index contributed by atoms with van der Waals surface area (Å²) in [6.45, 7) is 5.03. The fourth-order valence-corrected chi connectivity index (χ4v) is 1.84. The van der Waals surface area contributed by atoms with Crippen molar-refractivity contribution in [2.45, 2.75) is 26.7 Å². The number of hydrogen-bond donors (Lipinski definition) is 2. The van der Waals surface area contributed by atoms with Crippen LogP contribution in [-0.4, -0.2) is 16.5 Å². The molecule has 0 radical (unpaired) electrons. The molecular formula is C16H19N5. The zero-order valence-corrected chi connectivity index (χ0v) is 12.3. The molecule has 5 nitrogen and oxygen atoms in total. The number of hydrogen-bond acceptors (Lipinski definition) is 5. The van der Waals surface area contributed by atoms with E-state index in [1.165, 1.54) is 0 Å². The molecular weight excluding hydrogens is 262 g/mol. The molecule has 108 valence electrons. The molecule has 0 spiro atoms. The Kier molecular flexibility index (Phi) is 5.10. The van der Waals surface area contributed by atoms with Crippen molar-refractivity contribution in [3.63, 3.8) is 0 Å². The number of aromatic nitrogens is 2. The summed E-state index contributed by atoms with van der Waals surface area (Å²) < 4.78 is 0. The maximum absolute atomic E-state index is 8.81. The molecule has 0 saturated heterocycles. The Balaban J connectivity index is 2.19. The molecule has 2 N–H and O–H groups in total. The van der Waals surface area contributed by atoms with Gasteiger partial charge in [-0.1, -0.05) is 13.8 Å². The molecule has 1 aromatic carbocycles. The highest BCUT2D eigenvalue weighted by atomic mass is 15.1. The third-order valence-electron chi connectivity index (χ3n) is 2.93. The number of nitrogens with one attached hydrogen (secondary N) is 2. The van der Waals surface area contributed by atoms with Crippen molar-refractivity contribution in [3.8, 4) is 6.07 Å². The van der Waals surface area contributed by atoms with E-state index in [0.29, 0.717) is 5.56 Å². The van der Waals surface area contributed by atoms with E-state index in [2.05, 4.69) is 33.6 Å². The summed E-state index contributed by atoms with van der Waals surface area (Å²) in [6, 6.07) is 11.3. The van der Waals surface area contributed by atoms with Crippen LogP contribution in [0.4, 0.5) is 17.3 Å². The van der Waals surface area contributed by atoms with Crippen LogP contribution >= 0.6 is 0 Å². The Morgan fingerprint density at radius 3 is 2.43 bits per heavy atom. The van der Waals surface area contributed by atoms with Crippen LogP contribution in [0.1, 0.15) is 31.7 Å². The molecule has 0 aliphatic rings. The van der Waals surface area contributed by atoms with Gasteiger partial charge in [0.25, 0.3) is 0 Å². The lowest BCUT2D eigenvalue weighted by molar-refractivity contribution is 0.919. The van der Waals surface area contributed by atoms with E-state index < -0.39 is 0 Å². The van der Waals surface area contributed by atoms with Crippen LogP contribution in [-0.2, 0) is 6.42 Å². The zero-order chi connectivity index (χ0) is 15.1. The Bertz CT molecular complexity index is 628. The Morgan fingerprint density at radius 2 is 1.81 bits per heavy atom. The van der Waals surface area contributed by atoms with Gasteiger partial charge >= 0.3 is 0 Å². The van der Waals surface area contributed by atoms with Gasteiger partial charge in [0.15, 0.2) is 0 Å². The monoisotopic (exact) mass is 281 g/mol. The van der Waals surface area contributed by atoms with Gasteiger partial charge in [-0.3, -0.25) is 0 Å². The summed E-state index contributed by atoms with van der Waals surface area (Å²) in [6.07, 6.45) is 1.83. The molecule has 1 heterocycles. The lowest BCUT2D eigenvalue weighted by Gasteiger charge is -2.10. The second-order valence-electron chi connectivity index (χ2n) is 4.65. The summed E-state index contributed by atoms with van der Waals surface area (Å²) in [5.41, 5.74) is 1.54. The lowest BCUT2D eigenvalue weighted by atomic mass is 10.2. The SMILES string of the molecule is CCCNc1cc(Nc2ccc(C#N)cc2)nc(CC)n1. The Morgan fingerprint density at radius 1 is 1.10 bits per heavy atom. The summed E-state index contributed by atoms with van der Waals surface area (Å²) in [5, 5.41) is 15.3. The van der Waals surface area contributed by atoms with E-state index in [0.717, 1.165) is 42.5 Å². The van der Waals surface area contributed by atoms with Crippen molar-refractivity contribution >= 4 is 17.3 Å². The van der Waals surface area contributed by atoms with Crippen molar-refractivity contribution in [1.82, 2.24) is 9.97 Å². The first-order valence-corrected chi connectivity index (χ1v) is 7.14. The second kappa shape index (κ2) is 7.25. The van der Waals surface area contributed by atoms with Gasteiger partial charge in [-0.25, -0.2) is 9.97 Å². The zero-order valence-electron chi connectivity index (χ0n) is 12.3. The molecule has 0 aliphatic carbocycles. The smallest absolute Gasteiger partial charge is 0.136 e. The molecule has 0 atom stereocenters. The quantitative estimate of drug-likeness (QED) is 0.848. The van der Waals surface area contributed by atoms with Crippen LogP contribution in [0.2, 0.25) is 0 Å². The van der Waals surface area contributed by atoms with Crippen LogP contribution in [0.5, 0.6) is 0 Å². The van der Waals surface area contributed by atoms with Crippen LogP contribution < -0.4 is 10.6 Å². The summed E-state index contributed by atoms with van der Waals surface area (Å²) in [5.74, 6) is 2.39. The van der Waals surface area contributed by atoms with Gasteiger partial charge < -0.3 is 10.6 Å². The lowest BCUT2D eigenvalue weighted by Crippen LogP contribution is -2.06. The van der Waals surface area contributed by atoms with Gasteiger partial charge in [0, 0.05) is 24.7 Å². The van der Waals surface area contributed by atoms with E-state index in [1.54, 1.807) is 12.1 Å². The van der Waals surface area contributed by atoms with Crippen molar-refractivity contribution in [3.05, 3.63) is 41.7 Å². The predicted octanol–water partition coefficient (Wildman–Crippen LogP) is 3.48. The van der Waals surface area contributed by atoms with Gasteiger partial charge in [0.1, 0.15) is 17.5 Å². The Labute approximate surface area is 125 Å². The average molecular weight is 281 g/mol. The van der Waals surface area contributed by atoms with E-state index in [1.807, 2.05) is 25.1 Å². The van der Waals surface area contributed by atoms with Crippen molar-refractivity contribution in [1.29, 1.82) is 5.26 Å². The molecule has 0 amide bonds. The number of benzene rings is 1. The highest BCUT2D eigenvalue weighted by Crippen LogP contribution is 2.18. The fraction of sp³-hybridized carbons (Fsp3) is 0.312. The molecule has 0 fully saturated rings. The molecule has 0 bridgehead atoms. The first-order valence-electron chi connectivity index (χ1n) is 7.14. The molecule has 5 heteroatoms. The summed E-state index contributed by atoms with van der Waals surface area (Å²) >= 11 is 0. The molecule has 0 saturated carbocycles. The normalized spacial score (nSPS) is 9.95. The van der Waals surface area contributed by atoms with E-state index in [-0.39, 0.29) is 0 Å². The summed E-state index contributed by atoms with van der Waals surface area (Å²) in [4.78, 5) is 8.92. The minimum Gasteiger partial charge on any atom is -0.370 e. The third-order valence-corrected chi connectivity index (χ3v) is 2.93. The van der Waals surface area contributed by atoms with Gasteiger partial charge in [-0.05, 0) is 30.7 Å². The van der Waals surface area contributed by atoms with Gasteiger partial charge in [-0.15, -0.1) is 0 Å². The maximum atomic E-state index is 8.81. The second-order valence-corrected chi connectivity index (χ2v) is 4.65.